The number of oxime groups is 1. The van der Waals surface area contributed by atoms with E-state index in [0.717, 1.165) is 5.56 Å². The molecule has 1 N–H and O–H groups in total. The van der Waals surface area contributed by atoms with Gasteiger partial charge < -0.3 is 19.6 Å². The van der Waals surface area contributed by atoms with Crippen LogP contribution < -0.4 is 10.1 Å². The Kier molecular flexibility index (Phi) is 6.53. The van der Waals surface area contributed by atoms with Gasteiger partial charge in [-0.3, -0.25) is 0 Å². The zero-order valence-electron chi connectivity index (χ0n) is 15.9. The third-order valence-electron chi connectivity index (χ3n) is 4.97. The van der Waals surface area contributed by atoms with Crippen LogP contribution in [0.3, 0.4) is 0 Å². The van der Waals surface area contributed by atoms with E-state index < -0.39 is 11.8 Å². The van der Waals surface area contributed by atoms with E-state index in [0.29, 0.717) is 35.5 Å². The summed E-state index contributed by atoms with van der Waals surface area (Å²) in [7, 11) is 0. The molecule has 0 saturated carbocycles. The van der Waals surface area contributed by atoms with Gasteiger partial charge in [0.05, 0.1) is 41.3 Å². The van der Waals surface area contributed by atoms with Crippen LogP contribution in [0.5, 0.6) is 5.75 Å². The van der Waals surface area contributed by atoms with Crippen molar-refractivity contribution in [3.05, 3.63) is 63.4 Å². The lowest BCUT2D eigenvalue weighted by Gasteiger charge is -2.26. The number of halogens is 3. The van der Waals surface area contributed by atoms with E-state index in [2.05, 4.69) is 15.3 Å². The summed E-state index contributed by atoms with van der Waals surface area (Å²) in [6.45, 7) is 2.12. The van der Waals surface area contributed by atoms with Gasteiger partial charge in [0.1, 0.15) is 17.3 Å². The first kappa shape index (κ1) is 21.1. The second-order valence-electron chi connectivity index (χ2n) is 7.03. The van der Waals surface area contributed by atoms with Crippen molar-refractivity contribution in [2.24, 2.45) is 11.1 Å². The molecule has 0 radical (unpaired) electrons. The van der Waals surface area contributed by atoms with Crippen LogP contribution >= 0.6 is 23.2 Å². The number of rotatable bonds is 5. The molecule has 0 amide bonds. The molecule has 4 rings (SSSR count). The topological polar surface area (TPSA) is 69.2 Å². The molecule has 158 valence electrons. The van der Waals surface area contributed by atoms with Gasteiger partial charge >= 0.3 is 5.97 Å². The van der Waals surface area contributed by atoms with Crippen LogP contribution in [0, 0.1) is 11.7 Å². The highest BCUT2D eigenvalue weighted by molar-refractivity contribution is 6.42. The molecule has 2 heterocycles. The summed E-state index contributed by atoms with van der Waals surface area (Å²) in [6.07, 6.45) is -0.377. The largest absolute Gasteiger partial charge is 0.492 e. The van der Waals surface area contributed by atoms with Crippen LogP contribution in [0.25, 0.3) is 0 Å². The number of ether oxygens (including phenoxy) is 2. The van der Waals surface area contributed by atoms with Crippen LogP contribution in [0.2, 0.25) is 10.0 Å². The lowest BCUT2D eigenvalue weighted by molar-refractivity contribution is -0.140. The molecular formula is C21H19Cl2FN2O4. The van der Waals surface area contributed by atoms with Crippen LogP contribution in [0.15, 0.2) is 41.6 Å². The van der Waals surface area contributed by atoms with Gasteiger partial charge in [0.25, 0.3) is 0 Å². The molecule has 2 aromatic rings. The maximum Gasteiger partial charge on any atom is 0.341 e. The van der Waals surface area contributed by atoms with Gasteiger partial charge in [-0.25, -0.2) is 9.18 Å². The third kappa shape index (κ3) is 4.59. The van der Waals surface area contributed by atoms with Crippen LogP contribution in [0.4, 0.5) is 4.39 Å². The van der Waals surface area contributed by atoms with Crippen LogP contribution in [-0.4, -0.2) is 38.0 Å². The first-order chi connectivity index (χ1) is 14.5. The summed E-state index contributed by atoms with van der Waals surface area (Å²) in [5.41, 5.74) is 1.24. The Bertz CT molecular complexity index is 985. The van der Waals surface area contributed by atoms with Gasteiger partial charge in [-0.2, -0.15) is 0 Å². The van der Waals surface area contributed by atoms with Crippen molar-refractivity contribution in [3.63, 3.8) is 0 Å². The van der Waals surface area contributed by atoms with E-state index in [4.69, 9.17) is 32.7 Å². The first-order valence-corrected chi connectivity index (χ1v) is 10.2. The minimum Gasteiger partial charge on any atom is -0.492 e. The number of carbonyl (C=O) groups is 1. The van der Waals surface area contributed by atoms with Crippen molar-refractivity contribution in [2.75, 3.05) is 26.3 Å². The Labute approximate surface area is 182 Å². The minimum absolute atomic E-state index is 0.0794. The summed E-state index contributed by atoms with van der Waals surface area (Å²) >= 11 is 12.2. The minimum atomic E-state index is -0.528. The Morgan fingerprint density at radius 3 is 2.87 bits per heavy atom. The van der Waals surface area contributed by atoms with E-state index in [1.165, 1.54) is 6.07 Å². The average molecular weight is 453 g/mol. The standard InChI is InChI=1S/C21H19Cl2FN2O4/c22-14-5-4-12(8-15(14)23)21-13(10-25-6-7-28-21)11-29-18-3-1-2-16(24)20(18)17-9-19(27)30-26-17/h1-5,8,13,21,25H,6-7,9-11H2/t13-,21-/m0/s1. The molecule has 0 aliphatic carbocycles. The van der Waals surface area contributed by atoms with Gasteiger partial charge in [-0.15, -0.1) is 0 Å². The molecule has 0 aromatic heterocycles. The van der Waals surface area contributed by atoms with E-state index in [1.807, 2.05) is 6.07 Å². The highest BCUT2D eigenvalue weighted by Gasteiger charge is 2.29. The predicted octanol–water partition coefficient (Wildman–Crippen LogP) is 4.14. The van der Waals surface area contributed by atoms with Crippen LogP contribution in [0.1, 0.15) is 23.7 Å². The van der Waals surface area contributed by atoms with Crippen LogP contribution in [-0.2, 0) is 14.4 Å². The molecule has 2 aromatic carbocycles. The molecule has 6 nitrogen and oxygen atoms in total. The van der Waals surface area contributed by atoms with Crippen molar-refractivity contribution in [2.45, 2.75) is 12.5 Å². The number of hydrogen-bond donors (Lipinski definition) is 1. The summed E-state index contributed by atoms with van der Waals surface area (Å²) in [5.74, 6) is -0.838. The monoisotopic (exact) mass is 452 g/mol. The number of carbonyl (C=O) groups excluding carboxylic acids is 1. The molecule has 1 saturated heterocycles. The highest BCUT2D eigenvalue weighted by Crippen LogP contribution is 2.33. The van der Waals surface area contributed by atoms with Gasteiger partial charge in [-0.1, -0.05) is 40.5 Å². The lowest BCUT2D eigenvalue weighted by atomic mass is 9.96. The SMILES string of the molecule is O=C1CC(c2c(F)cccc2OC[C@@H]2CNCCO[C@H]2c2ccc(Cl)c(Cl)c2)=NO1. The molecule has 2 aliphatic heterocycles. The lowest BCUT2D eigenvalue weighted by Crippen LogP contribution is -2.29. The zero-order chi connectivity index (χ0) is 21.1. The van der Waals surface area contributed by atoms with Gasteiger partial charge in [-0.05, 0) is 29.8 Å². The van der Waals surface area contributed by atoms with E-state index in [1.54, 1.807) is 24.3 Å². The van der Waals surface area contributed by atoms with E-state index in [9.17, 15) is 9.18 Å². The van der Waals surface area contributed by atoms with Crippen molar-refractivity contribution in [3.8, 4) is 5.75 Å². The predicted molar refractivity (Wildman–Crippen MR) is 111 cm³/mol. The molecular weight excluding hydrogens is 434 g/mol. The third-order valence-corrected chi connectivity index (χ3v) is 5.71. The normalized spacial score (nSPS) is 21.7. The number of nitrogens with zero attached hydrogens (tertiary/aromatic N) is 1. The fourth-order valence-electron chi connectivity index (χ4n) is 3.54. The van der Waals surface area contributed by atoms with E-state index in [-0.39, 0.29) is 36.3 Å². The number of nitrogens with one attached hydrogen (secondary N) is 1. The van der Waals surface area contributed by atoms with Crippen molar-refractivity contribution in [1.29, 1.82) is 0 Å². The Hall–Kier alpha value is -2.19. The fourth-order valence-corrected chi connectivity index (χ4v) is 3.84. The van der Waals surface area contributed by atoms with Gasteiger partial charge in [0.2, 0.25) is 0 Å². The van der Waals surface area contributed by atoms with Crippen molar-refractivity contribution < 1.29 is 23.5 Å². The molecule has 1 fully saturated rings. The molecule has 9 heteroatoms. The Morgan fingerprint density at radius 2 is 2.10 bits per heavy atom. The maximum atomic E-state index is 14.5. The molecule has 2 aliphatic rings. The molecule has 0 spiro atoms. The Morgan fingerprint density at radius 1 is 1.23 bits per heavy atom. The van der Waals surface area contributed by atoms with Crippen molar-refractivity contribution >= 4 is 34.9 Å². The quantitative estimate of drug-likeness (QED) is 0.690. The molecule has 2 atom stereocenters. The van der Waals surface area contributed by atoms with Gasteiger partial charge in [0.15, 0.2) is 0 Å². The second kappa shape index (κ2) is 9.31. The summed E-state index contributed by atoms with van der Waals surface area (Å²) in [6, 6.07) is 9.88. The van der Waals surface area contributed by atoms with Gasteiger partial charge in [0, 0.05) is 19.0 Å². The maximum absolute atomic E-state index is 14.5. The molecule has 30 heavy (non-hydrogen) atoms. The first-order valence-electron chi connectivity index (χ1n) is 9.48. The summed E-state index contributed by atoms with van der Waals surface area (Å²) < 4.78 is 26.5. The van der Waals surface area contributed by atoms with E-state index >= 15 is 0 Å². The molecule has 0 unspecified atom stereocenters. The fraction of sp³-hybridized carbons (Fsp3) is 0.333. The second-order valence-corrected chi connectivity index (χ2v) is 7.85. The Balaban J connectivity index is 1.56. The molecule has 0 bridgehead atoms. The average Bonchev–Trinajstić information content (AvgIpc) is 3.01. The number of benzene rings is 2. The number of hydrogen-bond acceptors (Lipinski definition) is 6. The summed E-state index contributed by atoms with van der Waals surface area (Å²) in [4.78, 5) is 16.0. The summed E-state index contributed by atoms with van der Waals surface area (Å²) in [5, 5.41) is 7.92. The highest BCUT2D eigenvalue weighted by atomic mass is 35.5. The van der Waals surface area contributed by atoms with Crippen molar-refractivity contribution in [1.82, 2.24) is 5.32 Å². The smallest absolute Gasteiger partial charge is 0.341 e. The zero-order valence-corrected chi connectivity index (χ0v) is 17.4.